The summed E-state index contributed by atoms with van der Waals surface area (Å²) in [7, 11) is 0. The minimum atomic E-state index is 0.286. The molecule has 2 aliphatic rings. The smallest absolute Gasteiger partial charge is 0.155 e. The van der Waals surface area contributed by atoms with Crippen LogP contribution in [0.5, 0.6) is 0 Å². The van der Waals surface area contributed by atoms with E-state index in [4.69, 9.17) is 0 Å². The number of aromatic nitrogens is 1. The molecule has 3 rings (SSSR count). The van der Waals surface area contributed by atoms with Gasteiger partial charge in [-0.15, -0.1) is 0 Å². The molecule has 0 bridgehead atoms. The third kappa shape index (κ3) is 1.74. The molecule has 0 spiro atoms. The first-order chi connectivity index (χ1) is 7.77. The van der Waals surface area contributed by atoms with Gasteiger partial charge in [0.25, 0.3) is 0 Å². The molecule has 1 aromatic heterocycles. The maximum atomic E-state index is 4.31. The molecule has 1 aromatic rings. The molecule has 1 aliphatic heterocycles. The fraction of sp³-hybridized carbons (Fsp3) is 0.429. The van der Waals surface area contributed by atoms with Crippen LogP contribution in [0.2, 0.25) is 0 Å². The molecule has 2 heterocycles. The number of pyridine rings is 1. The summed E-state index contributed by atoms with van der Waals surface area (Å²) in [5, 5.41) is 0. The Morgan fingerprint density at radius 3 is 3.06 bits per heavy atom. The van der Waals surface area contributed by atoms with E-state index in [1.807, 2.05) is 12.3 Å². The fourth-order valence-corrected chi connectivity index (χ4v) is 1.85. The summed E-state index contributed by atoms with van der Waals surface area (Å²) in [5.41, 5.74) is 2.63. The first-order valence-corrected chi connectivity index (χ1v) is 5.80. The van der Waals surface area contributed by atoms with Crippen LogP contribution in [0.25, 0.3) is 0 Å². The standard InChI is InChI=1S/C14H14N2/c1-14(7-8-14)6-4-11-5-10-16-13-12(11)3-2-9-15-13/h5,9-10H,2-3,7-8H2,1H3. The molecule has 0 atom stereocenters. The van der Waals surface area contributed by atoms with Gasteiger partial charge in [-0.05, 0) is 38.7 Å². The molecule has 0 unspecified atom stereocenters. The Bertz CT molecular complexity index is 513. The number of rotatable bonds is 0. The molecule has 1 fully saturated rings. The first-order valence-electron chi connectivity index (χ1n) is 5.80. The average molecular weight is 210 g/mol. The number of hydrogen-bond acceptors (Lipinski definition) is 2. The average Bonchev–Trinajstić information content (AvgIpc) is 3.05. The monoisotopic (exact) mass is 210 g/mol. The molecule has 2 heteroatoms. The summed E-state index contributed by atoms with van der Waals surface area (Å²) < 4.78 is 0. The van der Waals surface area contributed by atoms with E-state index < -0.39 is 0 Å². The molecule has 0 aromatic carbocycles. The van der Waals surface area contributed by atoms with E-state index in [0.29, 0.717) is 0 Å². The predicted molar refractivity (Wildman–Crippen MR) is 64.9 cm³/mol. The quantitative estimate of drug-likeness (QED) is 0.604. The lowest BCUT2D eigenvalue weighted by Crippen LogP contribution is -1.99. The van der Waals surface area contributed by atoms with Crippen molar-refractivity contribution in [2.24, 2.45) is 10.4 Å². The van der Waals surface area contributed by atoms with Crippen LogP contribution in [0.4, 0.5) is 5.82 Å². The Hall–Kier alpha value is -1.62. The number of aliphatic imine (C=N–C) groups is 1. The van der Waals surface area contributed by atoms with Crippen molar-refractivity contribution in [2.45, 2.75) is 32.6 Å². The van der Waals surface area contributed by atoms with E-state index in [2.05, 4.69) is 28.7 Å². The van der Waals surface area contributed by atoms with Crippen molar-refractivity contribution < 1.29 is 0 Å². The second-order valence-corrected chi connectivity index (χ2v) is 4.82. The van der Waals surface area contributed by atoms with Gasteiger partial charge in [-0.25, -0.2) is 9.98 Å². The largest absolute Gasteiger partial charge is 0.241 e. The maximum Gasteiger partial charge on any atom is 0.155 e. The summed E-state index contributed by atoms with van der Waals surface area (Å²) in [6, 6.07) is 2.01. The first kappa shape index (κ1) is 9.59. The summed E-state index contributed by atoms with van der Waals surface area (Å²) in [4.78, 5) is 8.58. The molecule has 1 aliphatic carbocycles. The molecule has 0 radical (unpaired) electrons. The van der Waals surface area contributed by atoms with Gasteiger partial charge in [0.2, 0.25) is 0 Å². The normalized spacial score (nSPS) is 19.6. The Balaban J connectivity index is 2.00. The second kappa shape index (κ2) is 3.45. The second-order valence-electron chi connectivity index (χ2n) is 4.82. The van der Waals surface area contributed by atoms with Gasteiger partial charge in [-0.1, -0.05) is 11.8 Å². The minimum Gasteiger partial charge on any atom is -0.241 e. The highest BCUT2D eigenvalue weighted by Gasteiger charge is 2.35. The van der Waals surface area contributed by atoms with Gasteiger partial charge >= 0.3 is 0 Å². The van der Waals surface area contributed by atoms with E-state index in [0.717, 1.165) is 24.2 Å². The van der Waals surface area contributed by atoms with Crippen LogP contribution in [-0.2, 0) is 6.42 Å². The predicted octanol–water partition coefficient (Wildman–Crippen LogP) is 2.88. The van der Waals surface area contributed by atoms with E-state index in [-0.39, 0.29) is 5.41 Å². The van der Waals surface area contributed by atoms with Crippen LogP contribution >= 0.6 is 0 Å². The molecule has 1 saturated carbocycles. The van der Waals surface area contributed by atoms with Crippen molar-refractivity contribution in [1.82, 2.24) is 4.98 Å². The highest BCUT2D eigenvalue weighted by Crippen LogP contribution is 2.44. The Morgan fingerprint density at radius 2 is 2.25 bits per heavy atom. The molecule has 0 saturated heterocycles. The van der Waals surface area contributed by atoms with Crippen LogP contribution < -0.4 is 0 Å². The molecular formula is C14H14N2. The van der Waals surface area contributed by atoms with Gasteiger partial charge in [-0.3, -0.25) is 0 Å². The highest BCUT2D eigenvalue weighted by molar-refractivity contribution is 5.68. The third-order valence-electron chi connectivity index (χ3n) is 3.27. The van der Waals surface area contributed by atoms with Crippen LogP contribution in [0.1, 0.15) is 37.3 Å². The Kier molecular flexibility index (Phi) is 2.07. The summed E-state index contributed by atoms with van der Waals surface area (Å²) >= 11 is 0. The van der Waals surface area contributed by atoms with Crippen molar-refractivity contribution >= 4 is 12.0 Å². The van der Waals surface area contributed by atoms with Crippen LogP contribution in [0, 0.1) is 17.3 Å². The van der Waals surface area contributed by atoms with Crippen molar-refractivity contribution in [2.75, 3.05) is 0 Å². The number of hydrogen-bond donors (Lipinski definition) is 0. The third-order valence-corrected chi connectivity index (χ3v) is 3.27. The van der Waals surface area contributed by atoms with E-state index in [1.54, 1.807) is 6.20 Å². The molecule has 2 nitrogen and oxygen atoms in total. The highest BCUT2D eigenvalue weighted by atomic mass is 14.9. The molecule has 16 heavy (non-hydrogen) atoms. The Labute approximate surface area is 95.8 Å². The minimum absolute atomic E-state index is 0.286. The van der Waals surface area contributed by atoms with Gasteiger partial charge in [-0.2, -0.15) is 0 Å². The van der Waals surface area contributed by atoms with Crippen molar-refractivity contribution in [3.05, 3.63) is 23.4 Å². The zero-order valence-electron chi connectivity index (χ0n) is 9.45. The lowest BCUT2D eigenvalue weighted by atomic mass is 10.0. The van der Waals surface area contributed by atoms with Gasteiger partial charge < -0.3 is 0 Å². The van der Waals surface area contributed by atoms with E-state index in [9.17, 15) is 0 Å². The summed E-state index contributed by atoms with van der Waals surface area (Å²) in [6.07, 6.45) is 8.25. The lowest BCUT2D eigenvalue weighted by Gasteiger charge is -2.09. The SMILES string of the molecule is CC1(C#Cc2ccnc3c2CCC=N3)CC1. The maximum absolute atomic E-state index is 4.31. The van der Waals surface area contributed by atoms with Gasteiger partial charge in [0.1, 0.15) is 0 Å². The van der Waals surface area contributed by atoms with Gasteiger partial charge in [0.05, 0.1) is 0 Å². The zero-order chi connectivity index (χ0) is 11.0. The van der Waals surface area contributed by atoms with Crippen LogP contribution in [-0.4, -0.2) is 11.2 Å². The van der Waals surface area contributed by atoms with Crippen molar-refractivity contribution in [3.8, 4) is 11.8 Å². The molecule has 80 valence electrons. The zero-order valence-corrected chi connectivity index (χ0v) is 9.45. The van der Waals surface area contributed by atoms with Crippen LogP contribution in [0.3, 0.4) is 0 Å². The van der Waals surface area contributed by atoms with Crippen molar-refractivity contribution in [3.63, 3.8) is 0 Å². The summed E-state index contributed by atoms with van der Waals surface area (Å²) in [5.74, 6) is 7.54. The summed E-state index contributed by atoms with van der Waals surface area (Å²) in [6.45, 7) is 2.23. The lowest BCUT2D eigenvalue weighted by molar-refractivity contribution is 0.782. The van der Waals surface area contributed by atoms with Gasteiger partial charge in [0, 0.05) is 29.0 Å². The van der Waals surface area contributed by atoms with Gasteiger partial charge in [0.15, 0.2) is 5.82 Å². The molecular weight excluding hydrogens is 196 g/mol. The topological polar surface area (TPSA) is 25.2 Å². The number of nitrogens with zero attached hydrogens (tertiary/aromatic N) is 2. The Morgan fingerprint density at radius 1 is 1.38 bits per heavy atom. The van der Waals surface area contributed by atoms with Crippen molar-refractivity contribution in [1.29, 1.82) is 0 Å². The van der Waals surface area contributed by atoms with E-state index >= 15 is 0 Å². The number of fused-ring (bicyclic) bond motifs is 1. The molecule has 0 amide bonds. The molecule has 0 N–H and O–H groups in total. The van der Waals surface area contributed by atoms with E-state index in [1.165, 1.54) is 18.4 Å². The van der Waals surface area contributed by atoms with Crippen LogP contribution in [0.15, 0.2) is 17.3 Å². The fourth-order valence-electron chi connectivity index (χ4n) is 1.85.